The normalized spacial score (nSPS) is 13.3. The van der Waals surface area contributed by atoms with E-state index in [1.54, 1.807) is 0 Å². The van der Waals surface area contributed by atoms with E-state index in [1.165, 1.54) is 11.1 Å². The molecule has 0 amide bonds. The van der Waals surface area contributed by atoms with Crippen LogP contribution in [0.25, 0.3) is 0 Å². The molecule has 0 fully saturated rings. The molecule has 0 bridgehead atoms. The van der Waals surface area contributed by atoms with Gasteiger partial charge in [0.05, 0.1) is 6.61 Å². The average Bonchev–Trinajstić information content (AvgIpc) is 2.36. The summed E-state index contributed by atoms with van der Waals surface area (Å²) in [6.07, 6.45) is 3.14. The van der Waals surface area contributed by atoms with Gasteiger partial charge in [-0.15, -0.1) is 0 Å². The van der Waals surface area contributed by atoms with Gasteiger partial charge >= 0.3 is 0 Å². The second kappa shape index (κ2) is 7.68. The summed E-state index contributed by atoms with van der Waals surface area (Å²) >= 11 is 0. The fraction of sp³-hybridized carbons (Fsp3) is 0.667. The number of hydrogen-bond donors (Lipinski definition) is 1. The van der Waals surface area contributed by atoms with E-state index in [9.17, 15) is 0 Å². The highest BCUT2D eigenvalue weighted by molar-refractivity contribution is 5.40. The van der Waals surface area contributed by atoms with Crippen LogP contribution in [-0.2, 0) is 11.8 Å². The summed E-state index contributed by atoms with van der Waals surface area (Å²) in [5, 5.41) is 0. The number of rotatable bonds is 7. The van der Waals surface area contributed by atoms with Crippen LogP contribution in [0.15, 0.2) is 18.2 Å². The van der Waals surface area contributed by atoms with Crippen molar-refractivity contribution in [2.45, 2.75) is 59.3 Å². The molecule has 1 unspecified atom stereocenters. The van der Waals surface area contributed by atoms with Crippen molar-refractivity contribution in [2.24, 2.45) is 11.7 Å². The zero-order chi connectivity index (χ0) is 15.2. The Hall–Kier alpha value is -1.02. The average molecular weight is 277 g/mol. The minimum Gasteiger partial charge on any atom is -0.493 e. The lowest BCUT2D eigenvalue weighted by Gasteiger charge is -2.22. The minimum absolute atomic E-state index is 0.176. The Morgan fingerprint density at radius 1 is 1.25 bits per heavy atom. The first-order valence-electron chi connectivity index (χ1n) is 7.84. The van der Waals surface area contributed by atoms with Gasteiger partial charge in [0.2, 0.25) is 0 Å². The monoisotopic (exact) mass is 277 g/mol. The van der Waals surface area contributed by atoms with Crippen molar-refractivity contribution < 1.29 is 4.74 Å². The first-order chi connectivity index (χ1) is 9.38. The molecule has 0 aliphatic carbocycles. The molecule has 20 heavy (non-hydrogen) atoms. The van der Waals surface area contributed by atoms with E-state index in [1.807, 2.05) is 0 Å². The Balaban J connectivity index is 2.99. The van der Waals surface area contributed by atoms with Gasteiger partial charge in [-0.3, -0.25) is 0 Å². The number of ether oxygens (including phenoxy) is 1. The van der Waals surface area contributed by atoms with E-state index in [4.69, 9.17) is 10.5 Å². The van der Waals surface area contributed by atoms with Crippen molar-refractivity contribution in [1.29, 1.82) is 0 Å². The van der Waals surface area contributed by atoms with Gasteiger partial charge in [-0.1, -0.05) is 46.8 Å². The van der Waals surface area contributed by atoms with Crippen molar-refractivity contribution >= 4 is 0 Å². The highest BCUT2D eigenvalue weighted by Crippen LogP contribution is 2.30. The highest BCUT2D eigenvalue weighted by Gasteiger charge is 2.17. The molecular formula is C18H31NO. The second-order valence-electron chi connectivity index (χ2n) is 6.81. The molecule has 0 saturated carbocycles. The molecule has 114 valence electrons. The summed E-state index contributed by atoms with van der Waals surface area (Å²) in [6, 6.07) is 6.65. The van der Waals surface area contributed by atoms with Crippen molar-refractivity contribution in [3.63, 3.8) is 0 Å². The van der Waals surface area contributed by atoms with Gasteiger partial charge in [0.25, 0.3) is 0 Å². The van der Waals surface area contributed by atoms with Crippen LogP contribution in [-0.4, -0.2) is 13.2 Å². The number of benzene rings is 1. The zero-order valence-electron chi connectivity index (χ0n) is 13.8. The molecule has 1 aromatic rings. The fourth-order valence-corrected chi connectivity index (χ4v) is 2.32. The highest BCUT2D eigenvalue weighted by atomic mass is 16.5. The van der Waals surface area contributed by atoms with Crippen LogP contribution in [0.5, 0.6) is 5.75 Å². The first kappa shape index (κ1) is 17.0. The molecule has 0 saturated heterocycles. The van der Waals surface area contributed by atoms with Gasteiger partial charge in [0.15, 0.2) is 0 Å². The molecule has 0 spiro atoms. The first-order valence-corrected chi connectivity index (χ1v) is 7.84. The van der Waals surface area contributed by atoms with Gasteiger partial charge in [-0.2, -0.15) is 0 Å². The predicted octanol–water partition coefficient (Wildman–Crippen LogP) is 4.30. The summed E-state index contributed by atoms with van der Waals surface area (Å²) in [6.45, 7) is 12.7. The fourth-order valence-electron chi connectivity index (χ4n) is 2.32. The molecule has 0 aromatic heterocycles. The maximum absolute atomic E-state index is 5.90. The van der Waals surface area contributed by atoms with Crippen molar-refractivity contribution in [1.82, 2.24) is 0 Å². The van der Waals surface area contributed by atoms with Gasteiger partial charge in [0.1, 0.15) is 5.75 Å². The lowest BCUT2D eigenvalue weighted by molar-refractivity contribution is 0.312. The Morgan fingerprint density at radius 2 is 1.95 bits per heavy atom. The summed E-state index contributed by atoms with van der Waals surface area (Å²) in [5.41, 5.74) is 8.54. The molecule has 2 N–H and O–H groups in total. The number of nitrogens with two attached hydrogens (primary N) is 1. The van der Waals surface area contributed by atoms with Crippen LogP contribution < -0.4 is 10.5 Å². The summed E-state index contributed by atoms with van der Waals surface area (Å²) < 4.78 is 5.90. The molecule has 1 atom stereocenters. The molecule has 1 rings (SSSR count). The van der Waals surface area contributed by atoms with Crippen molar-refractivity contribution in [3.05, 3.63) is 29.3 Å². The third kappa shape index (κ3) is 5.16. The van der Waals surface area contributed by atoms with Gasteiger partial charge in [-0.05, 0) is 54.3 Å². The van der Waals surface area contributed by atoms with E-state index in [0.29, 0.717) is 5.92 Å². The topological polar surface area (TPSA) is 35.2 Å². The number of hydrogen-bond acceptors (Lipinski definition) is 2. The van der Waals surface area contributed by atoms with Crippen LogP contribution in [0.4, 0.5) is 0 Å². The zero-order valence-corrected chi connectivity index (χ0v) is 13.8. The van der Waals surface area contributed by atoms with Crippen molar-refractivity contribution in [2.75, 3.05) is 13.2 Å². The Bertz CT molecular complexity index is 406. The molecular weight excluding hydrogens is 246 g/mol. The third-order valence-corrected chi connectivity index (χ3v) is 3.62. The molecule has 0 aliphatic heterocycles. The molecule has 2 heteroatoms. The maximum Gasteiger partial charge on any atom is 0.122 e. The molecule has 1 aromatic carbocycles. The van der Waals surface area contributed by atoms with Crippen LogP contribution in [0.2, 0.25) is 0 Å². The van der Waals surface area contributed by atoms with Crippen LogP contribution in [0.3, 0.4) is 0 Å². The Kier molecular flexibility index (Phi) is 6.54. The standard InChI is InChI=1S/C18H31NO/c1-6-11-20-17-8-7-16(18(3,4)5)13-15(17)12-14(2)9-10-19/h7-8,13-14H,6,9-12,19H2,1-5H3. The van der Waals surface area contributed by atoms with Gasteiger partial charge < -0.3 is 10.5 Å². The smallest absolute Gasteiger partial charge is 0.122 e. The maximum atomic E-state index is 5.90. The van der Waals surface area contributed by atoms with Crippen LogP contribution in [0, 0.1) is 5.92 Å². The molecule has 0 aliphatic rings. The molecule has 2 nitrogen and oxygen atoms in total. The van der Waals surface area contributed by atoms with Crippen LogP contribution >= 0.6 is 0 Å². The quantitative estimate of drug-likeness (QED) is 0.806. The minimum atomic E-state index is 0.176. The van der Waals surface area contributed by atoms with E-state index < -0.39 is 0 Å². The Labute approximate surface area is 124 Å². The largest absolute Gasteiger partial charge is 0.493 e. The summed E-state index contributed by atoms with van der Waals surface area (Å²) in [7, 11) is 0. The molecule has 0 radical (unpaired) electrons. The summed E-state index contributed by atoms with van der Waals surface area (Å²) in [5.74, 6) is 1.64. The second-order valence-corrected chi connectivity index (χ2v) is 6.81. The van der Waals surface area contributed by atoms with E-state index in [-0.39, 0.29) is 5.41 Å². The lowest BCUT2D eigenvalue weighted by Crippen LogP contribution is -2.14. The van der Waals surface area contributed by atoms with Crippen molar-refractivity contribution in [3.8, 4) is 5.75 Å². The lowest BCUT2D eigenvalue weighted by atomic mass is 9.84. The summed E-state index contributed by atoms with van der Waals surface area (Å²) in [4.78, 5) is 0. The van der Waals surface area contributed by atoms with Crippen LogP contribution in [0.1, 0.15) is 58.6 Å². The van der Waals surface area contributed by atoms with Gasteiger partial charge in [-0.25, -0.2) is 0 Å². The van der Waals surface area contributed by atoms with E-state index in [2.05, 4.69) is 52.8 Å². The third-order valence-electron chi connectivity index (χ3n) is 3.62. The Morgan fingerprint density at radius 3 is 2.50 bits per heavy atom. The predicted molar refractivity (Wildman–Crippen MR) is 87.5 cm³/mol. The SMILES string of the molecule is CCCOc1ccc(C(C)(C)C)cc1CC(C)CCN. The molecule has 0 heterocycles. The van der Waals surface area contributed by atoms with Gasteiger partial charge in [0, 0.05) is 0 Å². The van der Waals surface area contributed by atoms with E-state index >= 15 is 0 Å². The van der Waals surface area contributed by atoms with E-state index in [0.717, 1.165) is 38.2 Å².